The minimum absolute atomic E-state index is 0.189. The molecule has 4 aromatic rings. The van der Waals surface area contributed by atoms with Crippen LogP contribution in [0.1, 0.15) is 29.8 Å². The Balaban J connectivity index is 1.32. The molecule has 1 aliphatic carbocycles. The topological polar surface area (TPSA) is 41.7 Å². The van der Waals surface area contributed by atoms with Gasteiger partial charge in [0, 0.05) is 30.2 Å². The molecular formula is C27H23FN4S. The summed E-state index contributed by atoms with van der Waals surface area (Å²) < 4.78 is 13.6. The van der Waals surface area contributed by atoms with E-state index in [1.165, 1.54) is 17.2 Å². The van der Waals surface area contributed by atoms with Gasteiger partial charge in [0.1, 0.15) is 10.8 Å². The number of fused-ring (bicyclic) bond motifs is 1. The molecule has 33 heavy (non-hydrogen) atoms. The maximum Gasteiger partial charge on any atom is 0.125 e. The highest BCUT2D eigenvalue weighted by atomic mass is 32.1. The van der Waals surface area contributed by atoms with Gasteiger partial charge in [-0.3, -0.25) is 4.98 Å². The second kappa shape index (κ2) is 8.19. The third-order valence-electron chi connectivity index (χ3n) is 6.30. The lowest BCUT2D eigenvalue weighted by Gasteiger charge is -2.19. The van der Waals surface area contributed by atoms with Crippen LogP contribution in [0.15, 0.2) is 67.0 Å². The van der Waals surface area contributed by atoms with Gasteiger partial charge in [-0.05, 0) is 73.7 Å². The zero-order chi connectivity index (χ0) is 22.4. The summed E-state index contributed by atoms with van der Waals surface area (Å²) in [5, 5.41) is 0.967. The van der Waals surface area contributed by atoms with Gasteiger partial charge < -0.3 is 4.90 Å². The molecule has 0 radical (unpaired) electrons. The predicted molar refractivity (Wildman–Crippen MR) is 132 cm³/mol. The molecule has 1 aliphatic heterocycles. The van der Waals surface area contributed by atoms with E-state index >= 15 is 0 Å². The van der Waals surface area contributed by atoms with Gasteiger partial charge in [-0.1, -0.05) is 18.2 Å². The summed E-state index contributed by atoms with van der Waals surface area (Å²) in [6.45, 7) is 2.97. The van der Waals surface area contributed by atoms with E-state index in [1.807, 2.05) is 31.3 Å². The van der Waals surface area contributed by atoms with Crippen molar-refractivity contribution in [3.05, 3.63) is 89.8 Å². The molecule has 0 spiro atoms. The second-order valence-electron chi connectivity index (χ2n) is 8.62. The van der Waals surface area contributed by atoms with Gasteiger partial charge in [0.2, 0.25) is 0 Å². The predicted octanol–water partition coefficient (Wildman–Crippen LogP) is 6.32. The van der Waals surface area contributed by atoms with Gasteiger partial charge in [-0.15, -0.1) is 11.3 Å². The minimum Gasteiger partial charge on any atom is -0.361 e. The van der Waals surface area contributed by atoms with Crippen LogP contribution in [-0.4, -0.2) is 27.5 Å². The number of benzene rings is 1. The quantitative estimate of drug-likeness (QED) is 0.338. The summed E-state index contributed by atoms with van der Waals surface area (Å²) in [7, 11) is 0. The van der Waals surface area contributed by atoms with Crippen LogP contribution in [0.25, 0.3) is 26.7 Å². The number of nitrogens with zero attached hydrogens (tertiary/aromatic N) is 4. The molecule has 0 saturated carbocycles. The summed E-state index contributed by atoms with van der Waals surface area (Å²) in [5.41, 5.74) is 7.66. The first kappa shape index (κ1) is 20.2. The number of aryl methyl sites for hydroxylation is 2. The third kappa shape index (κ3) is 3.95. The molecule has 0 bridgehead atoms. The fourth-order valence-corrected chi connectivity index (χ4v) is 5.60. The number of halogens is 1. The van der Waals surface area contributed by atoms with Crippen molar-refractivity contribution in [1.29, 1.82) is 0 Å². The van der Waals surface area contributed by atoms with Gasteiger partial charge in [0.25, 0.3) is 0 Å². The van der Waals surface area contributed by atoms with Crippen molar-refractivity contribution in [2.45, 2.75) is 32.2 Å². The summed E-state index contributed by atoms with van der Waals surface area (Å²) in [6, 6.07) is 15.5. The SMILES string of the molecule is Cc1nc(-c2cccnc2)sc1-c1ccc2c(n1)C(=CC1CN1c1cccc(F)c1)CCC2. The zero-order valence-electron chi connectivity index (χ0n) is 18.3. The lowest BCUT2D eigenvalue weighted by atomic mass is 9.90. The van der Waals surface area contributed by atoms with Crippen LogP contribution in [0, 0.1) is 12.7 Å². The number of hydrogen-bond donors (Lipinski definition) is 0. The molecular weight excluding hydrogens is 431 g/mol. The molecule has 6 rings (SSSR count). The molecule has 3 aromatic heterocycles. The third-order valence-corrected chi connectivity index (χ3v) is 7.53. The molecule has 4 nitrogen and oxygen atoms in total. The standard InChI is InChI=1S/C27H23FN4S/c1-17-26(33-27(30-17)20-7-4-12-29-15-20)24-11-10-18-5-2-6-19(25(18)31-24)13-23-16-32(23)22-9-3-8-21(28)14-22/h3-4,7-15,23H,2,5-6,16H2,1H3. The number of hydrogen-bond acceptors (Lipinski definition) is 5. The minimum atomic E-state index is -0.189. The smallest absolute Gasteiger partial charge is 0.125 e. The van der Waals surface area contributed by atoms with Crippen LogP contribution in [0.5, 0.6) is 0 Å². The first-order valence-corrected chi connectivity index (χ1v) is 12.1. The van der Waals surface area contributed by atoms with Crippen molar-refractivity contribution in [2.24, 2.45) is 0 Å². The number of thiazole rings is 1. The van der Waals surface area contributed by atoms with Gasteiger partial charge in [0.05, 0.1) is 28.0 Å². The zero-order valence-corrected chi connectivity index (χ0v) is 19.1. The first-order valence-electron chi connectivity index (χ1n) is 11.3. The van der Waals surface area contributed by atoms with Crippen molar-refractivity contribution in [1.82, 2.24) is 15.0 Å². The van der Waals surface area contributed by atoms with Crippen LogP contribution >= 0.6 is 11.3 Å². The van der Waals surface area contributed by atoms with E-state index in [2.05, 4.69) is 28.1 Å². The molecule has 0 N–H and O–H groups in total. The van der Waals surface area contributed by atoms with E-state index in [1.54, 1.807) is 29.7 Å². The Bertz CT molecular complexity index is 1360. The highest BCUT2D eigenvalue weighted by Gasteiger charge is 2.33. The molecule has 2 aliphatic rings. The molecule has 0 amide bonds. The number of rotatable bonds is 4. The summed E-state index contributed by atoms with van der Waals surface area (Å²) in [5.74, 6) is -0.189. The van der Waals surface area contributed by atoms with E-state index in [9.17, 15) is 4.39 Å². The maximum absolute atomic E-state index is 13.6. The van der Waals surface area contributed by atoms with Crippen molar-refractivity contribution >= 4 is 22.6 Å². The molecule has 1 aromatic carbocycles. The second-order valence-corrected chi connectivity index (χ2v) is 9.62. The molecule has 164 valence electrons. The lowest BCUT2D eigenvalue weighted by molar-refractivity contribution is 0.628. The summed E-state index contributed by atoms with van der Waals surface area (Å²) in [4.78, 5) is 17.5. The van der Waals surface area contributed by atoms with Gasteiger partial charge in [0.15, 0.2) is 0 Å². The van der Waals surface area contributed by atoms with E-state index < -0.39 is 0 Å². The molecule has 1 saturated heterocycles. The summed E-state index contributed by atoms with van der Waals surface area (Å²) in [6.07, 6.45) is 9.18. The average molecular weight is 455 g/mol. The van der Waals surface area contributed by atoms with E-state index in [4.69, 9.17) is 9.97 Å². The van der Waals surface area contributed by atoms with Crippen LogP contribution in [-0.2, 0) is 6.42 Å². The maximum atomic E-state index is 13.6. The molecule has 4 heterocycles. The Morgan fingerprint density at radius 1 is 1.09 bits per heavy atom. The normalized spacial score (nSPS) is 18.4. The number of pyridine rings is 2. The molecule has 1 unspecified atom stereocenters. The monoisotopic (exact) mass is 454 g/mol. The Morgan fingerprint density at radius 3 is 2.88 bits per heavy atom. The van der Waals surface area contributed by atoms with Crippen molar-refractivity contribution < 1.29 is 4.39 Å². The Morgan fingerprint density at radius 2 is 2.03 bits per heavy atom. The van der Waals surface area contributed by atoms with Crippen LogP contribution in [0.4, 0.5) is 10.1 Å². The summed E-state index contributed by atoms with van der Waals surface area (Å²) >= 11 is 1.67. The number of aromatic nitrogens is 3. The number of allylic oxidation sites excluding steroid dienone is 1. The van der Waals surface area contributed by atoms with Gasteiger partial charge >= 0.3 is 0 Å². The van der Waals surface area contributed by atoms with Crippen molar-refractivity contribution in [3.63, 3.8) is 0 Å². The first-order chi connectivity index (χ1) is 16.2. The van der Waals surface area contributed by atoms with Crippen LogP contribution in [0.2, 0.25) is 0 Å². The van der Waals surface area contributed by atoms with Crippen LogP contribution in [0.3, 0.4) is 0 Å². The molecule has 1 atom stereocenters. The fraction of sp³-hybridized carbons (Fsp3) is 0.222. The highest BCUT2D eigenvalue weighted by Crippen LogP contribution is 2.38. The Kier molecular flexibility index (Phi) is 5.03. The molecule has 6 heteroatoms. The van der Waals surface area contributed by atoms with Crippen molar-refractivity contribution in [2.75, 3.05) is 11.4 Å². The number of anilines is 1. The lowest BCUT2D eigenvalue weighted by Crippen LogP contribution is -2.07. The van der Waals surface area contributed by atoms with Crippen molar-refractivity contribution in [3.8, 4) is 21.1 Å². The highest BCUT2D eigenvalue weighted by molar-refractivity contribution is 7.18. The van der Waals surface area contributed by atoms with E-state index in [0.717, 1.165) is 64.0 Å². The largest absolute Gasteiger partial charge is 0.361 e. The van der Waals surface area contributed by atoms with E-state index in [-0.39, 0.29) is 5.82 Å². The van der Waals surface area contributed by atoms with Gasteiger partial charge in [-0.2, -0.15) is 0 Å². The molecule has 1 fully saturated rings. The Hall–Kier alpha value is -3.38. The van der Waals surface area contributed by atoms with Gasteiger partial charge in [-0.25, -0.2) is 14.4 Å². The fourth-order valence-electron chi connectivity index (χ4n) is 4.57. The average Bonchev–Trinajstić information content (AvgIpc) is 3.50. The van der Waals surface area contributed by atoms with Crippen LogP contribution < -0.4 is 4.90 Å². The van der Waals surface area contributed by atoms with E-state index in [0.29, 0.717) is 6.04 Å². The Labute approximate surface area is 196 Å².